The van der Waals surface area contributed by atoms with Crippen LogP contribution in [-0.4, -0.2) is 35.6 Å². The first kappa shape index (κ1) is 15.3. The van der Waals surface area contributed by atoms with Crippen molar-refractivity contribution >= 4 is 5.91 Å². The lowest BCUT2D eigenvalue weighted by Gasteiger charge is -2.18. The summed E-state index contributed by atoms with van der Waals surface area (Å²) in [6.07, 6.45) is 0.199. The average molecular weight is 283 g/mol. The normalized spacial score (nSPS) is 12.0. The molecule has 2 aromatic carbocycles. The van der Waals surface area contributed by atoms with Crippen LogP contribution in [0.5, 0.6) is 0 Å². The SMILES string of the molecule is CC(O)CCN(C)C(=O)c1ccc(-c2ccccc2)cc1. The number of benzene rings is 2. The monoisotopic (exact) mass is 283 g/mol. The summed E-state index contributed by atoms with van der Waals surface area (Å²) in [5.74, 6) is -0.0183. The summed E-state index contributed by atoms with van der Waals surface area (Å²) in [7, 11) is 1.76. The lowest BCUT2D eigenvalue weighted by atomic mass is 10.0. The maximum Gasteiger partial charge on any atom is 0.253 e. The standard InChI is InChI=1S/C18H21NO2/c1-14(20)12-13-19(2)18(21)17-10-8-16(9-11-17)15-6-4-3-5-7-15/h3-11,14,20H,12-13H2,1-2H3. The van der Waals surface area contributed by atoms with E-state index in [0.29, 0.717) is 18.5 Å². The van der Waals surface area contributed by atoms with Gasteiger partial charge in [0, 0.05) is 19.2 Å². The van der Waals surface area contributed by atoms with Crippen molar-refractivity contribution < 1.29 is 9.90 Å². The van der Waals surface area contributed by atoms with Gasteiger partial charge in [-0.3, -0.25) is 4.79 Å². The Hall–Kier alpha value is -2.13. The molecule has 110 valence electrons. The summed E-state index contributed by atoms with van der Waals surface area (Å²) in [5, 5.41) is 9.28. The lowest BCUT2D eigenvalue weighted by molar-refractivity contribution is 0.0769. The molecule has 0 saturated heterocycles. The molecule has 0 radical (unpaired) electrons. The largest absolute Gasteiger partial charge is 0.393 e. The van der Waals surface area contributed by atoms with Crippen LogP contribution in [0.3, 0.4) is 0 Å². The highest BCUT2D eigenvalue weighted by Gasteiger charge is 2.12. The quantitative estimate of drug-likeness (QED) is 0.915. The van der Waals surface area contributed by atoms with Gasteiger partial charge in [-0.15, -0.1) is 0 Å². The van der Waals surface area contributed by atoms with E-state index < -0.39 is 0 Å². The van der Waals surface area contributed by atoms with Crippen molar-refractivity contribution in [2.75, 3.05) is 13.6 Å². The molecule has 2 aromatic rings. The highest BCUT2D eigenvalue weighted by atomic mass is 16.3. The van der Waals surface area contributed by atoms with E-state index in [1.807, 2.05) is 54.6 Å². The van der Waals surface area contributed by atoms with E-state index in [9.17, 15) is 9.90 Å². The molecule has 1 amide bonds. The van der Waals surface area contributed by atoms with E-state index >= 15 is 0 Å². The number of nitrogens with zero attached hydrogens (tertiary/aromatic N) is 1. The number of carbonyl (C=O) groups is 1. The second-order valence-electron chi connectivity index (χ2n) is 5.31. The number of carbonyl (C=O) groups excluding carboxylic acids is 1. The number of aliphatic hydroxyl groups is 1. The predicted octanol–water partition coefficient (Wildman–Crippen LogP) is 3.20. The first-order valence-electron chi connectivity index (χ1n) is 7.17. The van der Waals surface area contributed by atoms with Crippen molar-refractivity contribution in [1.29, 1.82) is 0 Å². The Bertz CT molecular complexity index is 576. The highest BCUT2D eigenvalue weighted by Crippen LogP contribution is 2.19. The summed E-state index contributed by atoms with van der Waals surface area (Å²) < 4.78 is 0. The van der Waals surface area contributed by atoms with Gasteiger partial charge in [0.05, 0.1) is 6.10 Å². The molecular weight excluding hydrogens is 262 g/mol. The minimum Gasteiger partial charge on any atom is -0.393 e. The summed E-state index contributed by atoms with van der Waals surface area (Å²) in [5.41, 5.74) is 2.90. The zero-order chi connectivity index (χ0) is 15.2. The van der Waals surface area contributed by atoms with Gasteiger partial charge in [0.2, 0.25) is 0 Å². The Kier molecular flexibility index (Phi) is 5.12. The second-order valence-corrected chi connectivity index (χ2v) is 5.31. The fourth-order valence-corrected chi connectivity index (χ4v) is 2.14. The van der Waals surface area contributed by atoms with Gasteiger partial charge >= 0.3 is 0 Å². The van der Waals surface area contributed by atoms with E-state index in [1.165, 1.54) is 0 Å². The molecule has 0 fully saturated rings. The average Bonchev–Trinajstić information content (AvgIpc) is 2.53. The third kappa shape index (κ3) is 4.17. The van der Waals surface area contributed by atoms with Crippen molar-refractivity contribution in [2.45, 2.75) is 19.4 Å². The van der Waals surface area contributed by atoms with Crippen LogP contribution in [0.4, 0.5) is 0 Å². The van der Waals surface area contributed by atoms with Crippen LogP contribution in [-0.2, 0) is 0 Å². The van der Waals surface area contributed by atoms with Crippen LogP contribution in [0.25, 0.3) is 11.1 Å². The smallest absolute Gasteiger partial charge is 0.253 e. The van der Waals surface area contributed by atoms with E-state index in [1.54, 1.807) is 18.9 Å². The van der Waals surface area contributed by atoms with Crippen molar-refractivity contribution in [3.8, 4) is 11.1 Å². The minimum absolute atomic E-state index is 0.0183. The van der Waals surface area contributed by atoms with Crippen molar-refractivity contribution in [3.05, 3.63) is 60.2 Å². The summed E-state index contributed by atoms with van der Waals surface area (Å²) in [6, 6.07) is 17.7. The summed E-state index contributed by atoms with van der Waals surface area (Å²) in [4.78, 5) is 13.9. The van der Waals surface area contributed by atoms with Gasteiger partial charge in [0.1, 0.15) is 0 Å². The predicted molar refractivity (Wildman–Crippen MR) is 85.1 cm³/mol. The van der Waals surface area contributed by atoms with Crippen molar-refractivity contribution in [1.82, 2.24) is 4.90 Å². The van der Waals surface area contributed by atoms with Crippen LogP contribution in [0, 0.1) is 0 Å². The van der Waals surface area contributed by atoms with E-state index in [0.717, 1.165) is 11.1 Å². The Morgan fingerprint density at radius 2 is 1.62 bits per heavy atom. The fraction of sp³-hybridized carbons (Fsp3) is 0.278. The maximum absolute atomic E-state index is 12.2. The number of hydrogen-bond donors (Lipinski definition) is 1. The second kappa shape index (κ2) is 7.04. The highest BCUT2D eigenvalue weighted by molar-refractivity contribution is 5.94. The van der Waals surface area contributed by atoms with Gasteiger partial charge in [-0.2, -0.15) is 0 Å². The number of rotatable bonds is 5. The van der Waals surface area contributed by atoms with Gasteiger partial charge < -0.3 is 10.0 Å². The number of aliphatic hydroxyl groups excluding tert-OH is 1. The maximum atomic E-state index is 12.2. The van der Waals surface area contributed by atoms with Gasteiger partial charge in [-0.05, 0) is 36.6 Å². The Morgan fingerprint density at radius 3 is 2.19 bits per heavy atom. The van der Waals surface area contributed by atoms with Gasteiger partial charge in [-0.25, -0.2) is 0 Å². The molecule has 0 aliphatic rings. The number of hydrogen-bond acceptors (Lipinski definition) is 2. The molecule has 3 nitrogen and oxygen atoms in total. The van der Waals surface area contributed by atoms with Gasteiger partial charge in [0.25, 0.3) is 5.91 Å². The van der Waals surface area contributed by atoms with Crippen LogP contribution in [0.2, 0.25) is 0 Å². The molecule has 0 bridgehead atoms. The van der Waals surface area contributed by atoms with Crippen LogP contribution in [0.1, 0.15) is 23.7 Å². The first-order valence-corrected chi connectivity index (χ1v) is 7.17. The lowest BCUT2D eigenvalue weighted by Crippen LogP contribution is -2.29. The van der Waals surface area contributed by atoms with Crippen LogP contribution >= 0.6 is 0 Å². The molecule has 1 N–H and O–H groups in total. The fourth-order valence-electron chi connectivity index (χ4n) is 2.14. The minimum atomic E-state index is -0.388. The molecule has 0 saturated carbocycles. The third-order valence-corrected chi connectivity index (χ3v) is 3.47. The summed E-state index contributed by atoms with van der Waals surface area (Å²) in [6.45, 7) is 2.28. The zero-order valence-corrected chi connectivity index (χ0v) is 12.5. The molecule has 21 heavy (non-hydrogen) atoms. The molecule has 0 aromatic heterocycles. The molecule has 0 aliphatic carbocycles. The molecule has 0 spiro atoms. The zero-order valence-electron chi connectivity index (χ0n) is 12.5. The molecule has 0 heterocycles. The topological polar surface area (TPSA) is 40.5 Å². The molecule has 1 atom stereocenters. The number of amides is 1. The first-order chi connectivity index (χ1) is 10.1. The Labute approximate surface area is 125 Å². The molecular formula is C18H21NO2. The molecule has 2 rings (SSSR count). The van der Waals surface area contributed by atoms with Gasteiger partial charge in [0.15, 0.2) is 0 Å². The van der Waals surface area contributed by atoms with E-state index in [4.69, 9.17) is 0 Å². The Morgan fingerprint density at radius 1 is 1.05 bits per heavy atom. The van der Waals surface area contributed by atoms with E-state index in [-0.39, 0.29) is 12.0 Å². The van der Waals surface area contributed by atoms with Gasteiger partial charge in [-0.1, -0.05) is 42.5 Å². The van der Waals surface area contributed by atoms with Crippen LogP contribution < -0.4 is 0 Å². The van der Waals surface area contributed by atoms with Crippen molar-refractivity contribution in [3.63, 3.8) is 0 Å². The van der Waals surface area contributed by atoms with Crippen molar-refractivity contribution in [2.24, 2.45) is 0 Å². The Balaban J connectivity index is 2.06. The molecule has 1 unspecified atom stereocenters. The summed E-state index contributed by atoms with van der Waals surface area (Å²) >= 11 is 0. The molecule has 0 aliphatic heterocycles. The van der Waals surface area contributed by atoms with E-state index in [2.05, 4.69) is 0 Å². The molecule has 3 heteroatoms. The van der Waals surface area contributed by atoms with Crippen LogP contribution in [0.15, 0.2) is 54.6 Å². The third-order valence-electron chi connectivity index (χ3n) is 3.47.